The molecule has 3 saturated carbocycles. The van der Waals surface area contributed by atoms with Crippen LogP contribution in [0.3, 0.4) is 0 Å². The molecule has 0 heterocycles. The number of rotatable bonds is 0. The van der Waals surface area contributed by atoms with Crippen molar-refractivity contribution >= 4 is 5.78 Å². The number of allylic oxidation sites excluding steroid dienone is 1. The molecule has 21 heavy (non-hydrogen) atoms. The molecule has 0 bridgehead atoms. The molecule has 3 fully saturated rings. The maximum Gasteiger partial charge on any atom is 0.155 e. The van der Waals surface area contributed by atoms with Crippen LogP contribution in [0.5, 0.6) is 0 Å². The highest BCUT2D eigenvalue weighted by Gasteiger charge is 2.57. The van der Waals surface area contributed by atoms with Gasteiger partial charge in [-0.05, 0) is 79.6 Å². The zero-order chi connectivity index (χ0) is 14.8. The topological polar surface area (TPSA) is 37.3 Å². The second-order valence-corrected chi connectivity index (χ2v) is 8.50. The first-order valence-corrected chi connectivity index (χ1v) is 8.92. The van der Waals surface area contributed by atoms with E-state index in [0.29, 0.717) is 23.5 Å². The third-order valence-electron chi connectivity index (χ3n) is 7.59. The van der Waals surface area contributed by atoms with Crippen LogP contribution in [0.2, 0.25) is 0 Å². The Morgan fingerprint density at radius 2 is 2.05 bits per heavy atom. The van der Waals surface area contributed by atoms with Crippen molar-refractivity contribution in [1.82, 2.24) is 0 Å². The molecule has 1 N–H and O–H groups in total. The number of aliphatic hydroxyl groups excluding tert-OH is 1. The largest absolute Gasteiger partial charge is 0.393 e. The summed E-state index contributed by atoms with van der Waals surface area (Å²) < 4.78 is 0. The molecule has 4 rings (SSSR count). The molecule has 0 aliphatic heterocycles. The first-order valence-electron chi connectivity index (χ1n) is 8.92. The van der Waals surface area contributed by atoms with Crippen LogP contribution >= 0.6 is 0 Å². The Morgan fingerprint density at radius 3 is 2.86 bits per heavy atom. The molecule has 0 spiro atoms. The zero-order valence-corrected chi connectivity index (χ0v) is 13.3. The summed E-state index contributed by atoms with van der Waals surface area (Å²) in [6, 6.07) is 0. The van der Waals surface area contributed by atoms with Gasteiger partial charge in [-0.25, -0.2) is 0 Å². The summed E-state index contributed by atoms with van der Waals surface area (Å²) in [5.41, 5.74) is 1.63. The van der Waals surface area contributed by atoms with Gasteiger partial charge < -0.3 is 5.11 Å². The van der Waals surface area contributed by atoms with Crippen LogP contribution in [0.15, 0.2) is 11.6 Å². The first kappa shape index (κ1) is 14.0. The monoisotopic (exact) mass is 288 g/mol. The van der Waals surface area contributed by atoms with E-state index >= 15 is 0 Å². The van der Waals surface area contributed by atoms with Gasteiger partial charge >= 0.3 is 0 Å². The second-order valence-electron chi connectivity index (χ2n) is 8.50. The quantitative estimate of drug-likeness (QED) is 0.737. The Hall–Kier alpha value is -0.630. The zero-order valence-electron chi connectivity index (χ0n) is 13.3. The molecule has 2 nitrogen and oxygen atoms in total. The Balaban J connectivity index is 1.68. The third kappa shape index (κ3) is 1.91. The van der Waals surface area contributed by atoms with Crippen molar-refractivity contribution in [2.24, 2.45) is 35.0 Å². The standard InChI is InChI=1S/C19H28O2/c1-11-9-12-10-13(20)3-4-14(12)15-7-8-19(2)16(18(11)15)5-6-17(19)21/h10-11,14-18,21H,3-9H2,1-2H3. The minimum atomic E-state index is -0.0828. The van der Waals surface area contributed by atoms with Crippen molar-refractivity contribution in [3.05, 3.63) is 11.6 Å². The number of fused-ring (bicyclic) bond motifs is 5. The van der Waals surface area contributed by atoms with E-state index in [1.54, 1.807) is 0 Å². The van der Waals surface area contributed by atoms with Gasteiger partial charge in [0.15, 0.2) is 5.78 Å². The maximum absolute atomic E-state index is 11.8. The number of carbonyl (C=O) groups is 1. The summed E-state index contributed by atoms with van der Waals surface area (Å²) in [5, 5.41) is 10.5. The van der Waals surface area contributed by atoms with E-state index in [1.807, 2.05) is 6.08 Å². The van der Waals surface area contributed by atoms with Crippen molar-refractivity contribution in [2.45, 2.75) is 64.9 Å². The van der Waals surface area contributed by atoms with E-state index in [2.05, 4.69) is 13.8 Å². The number of carbonyl (C=O) groups excluding carboxylic acids is 1. The van der Waals surface area contributed by atoms with Gasteiger partial charge in [0.2, 0.25) is 0 Å². The van der Waals surface area contributed by atoms with E-state index in [1.165, 1.54) is 24.8 Å². The minimum absolute atomic E-state index is 0.0828. The summed E-state index contributed by atoms with van der Waals surface area (Å²) in [4.78, 5) is 11.8. The van der Waals surface area contributed by atoms with E-state index < -0.39 is 0 Å². The highest BCUT2D eigenvalue weighted by Crippen LogP contribution is 2.62. The Kier molecular flexibility index (Phi) is 3.12. The van der Waals surface area contributed by atoms with Crippen molar-refractivity contribution in [3.63, 3.8) is 0 Å². The molecule has 7 atom stereocenters. The lowest BCUT2D eigenvalue weighted by molar-refractivity contribution is -0.116. The summed E-state index contributed by atoms with van der Waals surface area (Å²) in [5.74, 6) is 3.96. The SMILES string of the molecule is CC1CC2=CC(=O)CCC2C2CCC3(C)C(O)CCC3C12. The highest BCUT2D eigenvalue weighted by atomic mass is 16.3. The van der Waals surface area contributed by atoms with E-state index in [4.69, 9.17) is 0 Å². The van der Waals surface area contributed by atoms with E-state index in [9.17, 15) is 9.90 Å². The fraction of sp³-hybridized carbons (Fsp3) is 0.842. The molecule has 0 amide bonds. The summed E-state index contributed by atoms with van der Waals surface area (Å²) in [6.45, 7) is 4.73. The summed E-state index contributed by atoms with van der Waals surface area (Å²) >= 11 is 0. The fourth-order valence-electron chi connectivity index (χ4n) is 6.56. The predicted molar refractivity (Wildman–Crippen MR) is 82.6 cm³/mol. The van der Waals surface area contributed by atoms with E-state index in [0.717, 1.165) is 37.5 Å². The number of hydrogen-bond acceptors (Lipinski definition) is 2. The van der Waals surface area contributed by atoms with Gasteiger partial charge in [-0.1, -0.05) is 19.4 Å². The molecule has 4 aliphatic carbocycles. The van der Waals surface area contributed by atoms with Crippen LogP contribution < -0.4 is 0 Å². The minimum Gasteiger partial charge on any atom is -0.393 e. The third-order valence-corrected chi connectivity index (χ3v) is 7.59. The number of aliphatic hydroxyl groups is 1. The van der Waals surface area contributed by atoms with Crippen molar-refractivity contribution in [1.29, 1.82) is 0 Å². The van der Waals surface area contributed by atoms with Crippen LogP contribution in [0.4, 0.5) is 0 Å². The molecule has 0 aromatic rings. The molecular formula is C19H28O2. The van der Waals surface area contributed by atoms with Crippen LogP contribution in [0.1, 0.15) is 58.8 Å². The summed E-state index contributed by atoms with van der Waals surface area (Å²) in [6.07, 6.45) is 9.54. The van der Waals surface area contributed by atoms with Gasteiger partial charge in [-0.3, -0.25) is 4.79 Å². The highest BCUT2D eigenvalue weighted by molar-refractivity contribution is 5.91. The second kappa shape index (κ2) is 4.68. The van der Waals surface area contributed by atoms with Gasteiger partial charge in [0, 0.05) is 6.42 Å². The lowest BCUT2D eigenvalue weighted by Gasteiger charge is -2.55. The van der Waals surface area contributed by atoms with Crippen molar-refractivity contribution < 1.29 is 9.90 Å². The smallest absolute Gasteiger partial charge is 0.155 e. The Morgan fingerprint density at radius 1 is 1.24 bits per heavy atom. The molecule has 0 saturated heterocycles. The maximum atomic E-state index is 11.8. The molecule has 0 radical (unpaired) electrons. The number of hydrogen-bond donors (Lipinski definition) is 1. The molecular weight excluding hydrogens is 260 g/mol. The van der Waals surface area contributed by atoms with Crippen molar-refractivity contribution in [2.75, 3.05) is 0 Å². The fourth-order valence-corrected chi connectivity index (χ4v) is 6.56. The van der Waals surface area contributed by atoms with Gasteiger partial charge in [-0.15, -0.1) is 0 Å². The van der Waals surface area contributed by atoms with Crippen LogP contribution in [-0.2, 0) is 4.79 Å². The van der Waals surface area contributed by atoms with Crippen LogP contribution in [0.25, 0.3) is 0 Å². The van der Waals surface area contributed by atoms with Gasteiger partial charge in [0.05, 0.1) is 6.10 Å². The predicted octanol–water partition coefficient (Wildman–Crippen LogP) is 3.74. The van der Waals surface area contributed by atoms with Crippen molar-refractivity contribution in [3.8, 4) is 0 Å². The molecule has 0 aromatic carbocycles. The molecule has 116 valence electrons. The first-order chi connectivity index (χ1) is 10.0. The van der Waals surface area contributed by atoms with Crippen LogP contribution in [-0.4, -0.2) is 17.0 Å². The summed E-state index contributed by atoms with van der Waals surface area (Å²) in [7, 11) is 0. The lowest BCUT2D eigenvalue weighted by atomic mass is 9.49. The number of ketones is 1. The lowest BCUT2D eigenvalue weighted by Crippen LogP contribution is -2.50. The molecule has 0 aromatic heterocycles. The Labute approximate surface area is 128 Å². The molecule has 4 aliphatic rings. The average Bonchev–Trinajstić information content (AvgIpc) is 2.74. The normalized spacial score (nSPS) is 52.7. The van der Waals surface area contributed by atoms with E-state index in [-0.39, 0.29) is 11.5 Å². The molecule has 2 heteroatoms. The average molecular weight is 288 g/mol. The molecule has 7 unspecified atom stereocenters. The van der Waals surface area contributed by atoms with Gasteiger partial charge in [0.1, 0.15) is 0 Å². The van der Waals surface area contributed by atoms with Gasteiger partial charge in [-0.2, -0.15) is 0 Å². The van der Waals surface area contributed by atoms with Crippen LogP contribution in [0, 0.1) is 35.0 Å². The van der Waals surface area contributed by atoms with Gasteiger partial charge in [0.25, 0.3) is 0 Å². The Bertz CT molecular complexity index is 494.